The van der Waals surface area contributed by atoms with Crippen LogP contribution in [0.1, 0.15) is 19.3 Å². The maximum atomic E-state index is 10.7. The molecule has 2 heteroatoms. The Labute approximate surface area is 61.6 Å². The smallest absolute Gasteiger partial charge is 0.158 e. The van der Waals surface area contributed by atoms with Gasteiger partial charge in [-0.05, 0) is 6.42 Å². The zero-order valence-corrected chi connectivity index (χ0v) is 6.22. The first-order valence-electron chi connectivity index (χ1n) is 3.25. The fourth-order valence-corrected chi connectivity index (χ4v) is 0.621. The summed E-state index contributed by atoms with van der Waals surface area (Å²) in [4.78, 5) is 10.7. The average Bonchev–Trinajstić information content (AvgIpc) is 1.89. The third-order valence-electron chi connectivity index (χ3n) is 1.08. The standard InChI is InChI=1S/C8H12O2/c1-3-4-5-6-8(9)7-10-2/h1H,4-7H2,2H3. The maximum absolute atomic E-state index is 10.7. The Balaban J connectivity index is 3.15. The molecule has 0 unspecified atom stereocenters. The summed E-state index contributed by atoms with van der Waals surface area (Å²) >= 11 is 0. The van der Waals surface area contributed by atoms with Crippen LogP contribution in [0.3, 0.4) is 0 Å². The van der Waals surface area contributed by atoms with Gasteiger partial charge in [0.15, 0.2) is 5.78 Å². The molecule has 0 heterocycles. The minimum Gasteiger partial charge on any atom is -0.377 e. The second-order valence-corrected chi connectivity index (χ2v) is 2.03. The van der Waals surface area contributed by atoms with E-state index in [-0.39, 0.29) is 12.4 Å². The van der Waals surface area contributed by atoms with Crippen LogP contribution < -0.4 is 0 Å². The maximum Gasteiger partial charge on any atom is 0.158 e. The molecule has 0 saturated carbocycles. The van der Waals surface area contributed by atoms with Crippen LogP contribution in [0.15, 0.2) is 0 Å². The number of Topliss-reactive ketones (excluding diaryl/α,β-unsaturated/α-hetero) is 1. The molecule has 0 aliphatic carbocycles. The molecule has 10 heavy (non-hydrogen) atoms. The molecule has 0 amide bonds. The molecule has 0 radical (unpaired) electrons. The predicted molar refractivity (Wildman–Crippen MR) is 39.6 cm³/mol. The monoisotopic (exact) mass is 140 g/mol. The van der Waals surface area contributed by atoms with Crippen molar-refractivity contribution in [3.8, 4) is 12.3 Å². The number of hydrogen-bond donors (Lipinski definition) is 0. The lowest BCUT2D eigenvalue weighted by Crippen LogP contribution is -2.05. The molecule has 0 N–H and O–H groups in total. The molecule has 56 valence electrons. The molecule has 0 aliphatic rings. The van der Waals surface area contributed by atoms with Gasteiger partial charge in [0.1, 0.15) is 6.61 Å². The number of hydrogen-bond acceptors (Lipinski definition) is 2. The summed E-state index contributed by atoms with van der Waals surface area (Å²) in [5, 5.41) is 0. The van der Waals surface area contributed by atoms with Gasteiger partial charge in [-0.15, -0.1) is 12.3 Å². The zero-order valence-electron chi connectivity index (χ0n) is 6.22. The van der Waals surface area contributed by atoms with Crippen LogP contribution in [0.2, 0.25) is 0 Å². The largest absolute Gasteiger partial charge is 0.377 e. The highest BCUT2D eigenvalue weighted by Gasteiger charge is 1.98. The van der Waals surface area contributed by atoms with Gasteiger partial charge in [-0.3, -0.25) is 4.79 Å². The van der Waals surface area contributed by atoms with Crippen molar-refractivity contribution in [1.29, 1.82) is 0 Å². The van der Waals surface area contributed by atoms with Crippen molar-refractivity contribution in [3.63, 3.8) is 0 Å². The van der Waals surface area contributed by atoms with Crippen LogP contribution in [-0.2, 0) is 9.53 Å². The van der Waals surface area contributed by atoms with E-state index in [4.69, 9.17) is 6.42 Å². The van der Waals surface area contributed by atoms with E-state index in [9.17, 15) is 4.79 Å². The highest BCUT2D eigenvalue weighted by Crippen LogP contribution is 1.94. The van der Waals surface area contributed by atoms with Crippen LogP contribution in [0.4, 0.5) is 0 Å². The van der Waals surface area contributed by atoms with Crippen LogP contribution in [0.25, 0.3) is 0 Å². The number of carbonyl (C=O) groups is 1. The van der Waals surface area contributed by atoms with E-state index in [0.29, 0.717) is 12.8 Å². The molecule has 0 aromatic rings. The van der Waals surface area contributed by atoms with E-state index in [1.165, 1.54) is 7.11 Å². The molecule has 0 atom stereocenters. The number of methoxy groups -OCH3 is 1. The topological polar surface area (TPSA) is 26.3 Å². The quantitative estimate of drug-likeness (QED) is 0.420. The Morgan fingerprint density at radius 1 is 1.70 bits per heavy atom. The van der Waals surface area contributed by atoms with Gasteiger partial charge in [-0.2, -0.15) is 0 Å². The third-order valence-corrected chi connectivity index (χ3v) is 1.08. The van der Waals surface area contributed by atoms with Crippen molar-refractivity contribution in [2.24, 2.45) is 0 Å². The Morgan fingerprint density at radius 3 is 2.90 bits per heavy atom. The number of rotatable bonds is 5. The Bertz CT molecular complexity index is 133. The van der Waals surface area contributed by atoms with Gasteiger partial charge in [-0.25, -0.2) is 0 Å². The van der Waals surface area contributed by atoms with Crippen molar-refractivity contribution in [2.75, 3.05) is 13.7 Å². The summed E-state index contributed by atoms with van der Waals surface area (Å²) in [5.74, 6) is 2.60. The van der Waals surface area contributed by atoms with E-state index in [2.05, 4.69) is 10.7 Å². The Hall–Kier alpha value is -0.810. The van der Waals surface area contributed by atoms with E-state index in [1.54, 1.807) is 0 Å². The summed E-state index contributed by atoms with van der Waals surface area (Å²) in [5.41, 5.74) is 0. The van der Waals surface area contributed by atoms with Crippen LogP contribution >= 0.6 is 0 Å². The number of ether oxygens (including phenoxy) is 1. The van der Waals surface area contributed by atoms with Crippen molar-refractivity contribution >= 4 is 5.78 Å². The molecule has 0 aromatic carbocycles. The number of unbranched alkanes of at least 4 members (excludes halogenated alkanes) is 1. The van der Waals surface area contributed by atoms with Gasteiger partial charge in [-0.1, -0.05) is 0 Å². The van der Waals surface area contributed by atoms with Crippen molar-refractivity contribution in [3.05, 3.63) is 0 Å². The summed E-state index contributed by atoms with van der Waals surface area (Å²) in [6.07, 6.45) is 6.99. The molecule has 0 rings (SSSR count). The van der Waals surface area contributed by atoms with Crippen molar-refractivity contribution in [1.82, 2.24) is 0 Å². The predicted octanol–water partition coefficient (Wildman–Crippen LogP) is 1.01. The van der Waals surface area contributed by atoms with Gasteiger partial charge in [0.05, 0.1) is 0 Å². The SMILES string of the molecule is C#CCCCC(=O)COC. The summed E-state index contributed by atoms with van der Waals surface area (Å²) in [6, 6.07) is 0. The fourth-order valence-electron chi connectivity index (χ4n) is 0.621. The van der Waals surface area contributed by atoms with Crippen LogP contribution in [0.5, 0.6) is 0 Å². The van der Waals surface area contributed by atoms with Crippen molar-refractivity contribution in [2.45, 2.75) is 19.3 Å². The van der Waals surface area contributed by atoms with Crippen LogP contribution in [-0.4, -0.2) is 19.5 Å². The molecule has 0 aromatic heterocycles. The molecule has 0 fully saturated rings. The second-order valence-electron chi connectivity index (χ2n) is 2.03. The molecule has 0 spiro atoms. The van der Waals surface area contributed by atoms with Crippen LogP contribution in [0, 0.1) is 12.3 Å². The normalized spacial score (nSPS) is 8.80. The number of terminal acetylenes is 1. The number of carbonyl (C=O) groups excluding carboxylic acids is 1. The first-order chi connectivity index (χ1) is 4.81. The molecule has 0 bridgehead atoms. The molecule has 0 saturated heterocycles. The molecule has 0 aliphatic heterocycles. The highest BCUT2D eigenvalue weighted by atomic mass is 16.5. The van der Waals surface area contributed by atoms with Gasteiger partial charge < -0.3 is 4.74 Å². The fraction of sp³-hybridized carbons (Fsp3) is 0.625. The Kier molecular flexibility index (Phi) is 5.80. The summed E-state index contributed by atoms with van der Waals surface area (Å²) in [7, 11) is 1.51. The molecular formula is C8H12O2. The van der Waals surface area contributed by atoms with Gasteiger partial charge in [0.25, 0.3) is 0 Å². The van der Waals surface area contributed by atoms with E-state index in [1.807, 2.05) is 0 Å². The van der Waals surface area contributed by atoms with Gasteiger partial charge >= 0.3 is 0 Å². The summed E-state index contributed by atoms with van der Waals surface area (Å²) in [6.45, 7) is 0.213. The highest BCUT2D eigenvalue weighted by molar-refractivity contribution is 5.79. The first-order valence-corrected chi connectivity index (χ1v) is 3.25. The summed E-state index contributed by atoms with van der Waals surface area (Å²) < 4.78 is 4.63. The lowest BCUT2D eigenvalue weighted by molar-refractivity contribution is -0.122. The minimum absolute atomic E-state index is 0.123. The molecule has 2 nitrogen and oxygen atoms in total. The van der Waals surface area contributed by atoms with Gasteiger partial charge in [0, 0.05) is 20.0 Å². The average molecular weight is 140 g/mol. The lowest BCUT2D eigenvalue weighted by Gasteiger charge is -1.95. The van der Waals surface area contributed by atoms with E-state index >= 15 is 0 Å². The van der Waals surface area contributed by atoms with Crippen molar-refractivity contribution < 1.29 is 9.53 Å². The van der Waals surface area contributed by atoms with Gasteiger partial charge in [0.2, 0.25) is 0 Å². The third kappa shape index (κ3) is 5.33. The molecular weight excluding hydrogens is 128 g/mol. The number of ketones is 1. The first kappa shape index (κ1) is 9.19. The van der Waals surface area contributed by atoms with E-state index < -0.39 is 0 Å². The second kappa shape index (κ2) is 6.31. The Morgan fingerprint density at radius 2 is 2.40 bits per heavy atom. The zero-order chi connectivity index (χ0) is 7.82. The lowest BCUT2D eigenvalue weighted by atomic mass is 10.2. The van der Waals surface area contributed by atoms with E-state index in [0.717, 1.165) is 6.42 Å². The minimum atomic E-state index is 0.123.